The van der Waals surface area contributed by atoms with Gasteiger partial charge >= 0.3 is 6.36 Å². The molecule has 2 N–H and O–H groups in total. The number of rotatable bonds is 2. The van der Waals surface area contributed by atoms with Crippen LogP contribution in [0.25, 0.3) is 11.1 Å². The van der Waals surface area contributed by atoms with Gasteiger partial charge in [0.05, 0.1) is 5.69 Å². The van der Waals surface area contributed by atoms with Crippen LogP contribution in [-0.4, -0.2) is 6.36 Å². The van der Waals surface area contributed by atoms with Crippen LogP contribution in [0.2, 0.25) is 0 Å². The number of halogens is 5. The Labute approximate surface area is 110 Å². The molecule has 0 aromatic heterocycles. The molecule has 0 unspecified atom stereocenters. The average molecular weight is 289 g/mol. The summed E-state index contributed by atoms with van der Waals surface area (Å²) in [5.41, 5.74) is 5.52. The number of alkyl halides is 3. The molecular weight excluding hydrogens is 281 g/mol. The molecule has 2 aromatic rings. The van der Waals surface area contributed by atoms with Crippen LogP contribution in [0.15, 0.2) is 36.4 Å². The van der Waals surface area contributed by atoms with Gasteiger partial charge in [0.25, 0.3) is 0 Å². The van der Waals surface area contributed by atoms with Gasteiger partial charge in [-0.15, -0.1) is 13.2 Å². The Morgan fingerprint density at radius 2 is 1.55 bits per heavy atom. The molecule has 0 spiro atoms. The number of benzene rings is 2. The first-order valence-corrected chi connectivity index (χ1v) is 5.37. The summed E-state index contributed by atoms with van der Waals surface area (Å²) in [4.78, 5) is 0. The molecule has 0 aliphatic rings. The number of hydrogen-bond donors (Lipinski definition) is 1. The largest absolute Gasteiger partial charge is 0.573 e. The molecule has 0 saturated carbocycles. The number of anilines is 1. The monoisotopic (exact) mass is 289 g/mol. The van der Waals surface area contributed by atoms with Gasteiger partial charge in [0.1, 0.15) is 17.4 Å². The van der Waals surface area contributed by atoms with Gasteiger partial charge in [-0.1, -0.05) is 12.1 Å². The maximum absolute atomic E-state index is 13.3. The van der Waals surface area contributed by atoms with Crippen molar-refractivity contribution in [3.8, 4) is 16.9 Å². The molecule has 0 fully saturated rings. The number of nitrogen functional groups attached to an aromatic ring is 1. The third kappa shape index (κ3) is 3.17. The van der Waals surface area contributed by atoms with E-state index in [4.69, 9.17) is 5.73 Å². The zero-order valence-corrected chi connectivity index (χ0v) is 9.84. The van der Waals surface area contributed by atoms with Crippen molar-refractivity contribution < 1.29 is 26.7 Å². The first kappa shape index (κ1) is 14.1. The van der Waals surface area contributed by atoms with E-state index in [-0.39, 0.29) is 16.8 Å². The molecule has 0 bridgehead atoms. The van der Waals surface area contributed by atoms with Gasteiger partial charge < -0.3 is 10.5 Å². The van der Waals surface area contributed by atoms with Gasteiger partial charge in [-0.05, 0) is 23.8 Å². The summed E-state index contributed by atoms with van der Waals surface area (Å²) in [6.45, 7) is 0. The Morgan fingerprint density at radius 1 is 0.950 bits per heavy atom. The molecule has 0 radical (unpaired) electrons. The van der Waals surface area contributed by atoms with Crippen molar-refractivity contribution in [2.75, 3.05) is 5.73 Å². The fraction of sp³-hybridized carbons (Fsp3) is 0.0769. The highest BCUT2D eigenvalue weighted by atomic mass is 19.4. The summed E-state index contributed by atoms with van der Waals surface area (Å²) in [7, 11) is 0. The Kier molecular flexibility index (Phi) is 3.52. The van der Waals surface area contributed by atoms with Crippen molar-refractivity contribution in [3.05, 3.63) is 48.0 Å². The van der Waals surface area contributed by atoms with Crippen LogP contribution in [0.5, 0.6) is 5.75 Å². The summed E-state index contributed by atoms with van der Waals surface area (Å²) in [5.74, 6) is -2.20. The lowest BCUT2D eigenvalue weighted by Crippen LogP contribution is -2.16. The van der Waals surface area contributed by atoms with E-state index < -0.39 is 23.7 Å². The van der Waals surface area contributed by atoms with Crippen LogP contribution < -0.4 is 10.5 Å². The number of hydrogen-bond acceptors (Lipinski definition) is 2. The minimum atomic E-state index is -4.80. The van der Waals surface area contributed by atoms with Crippen LogP contribution in [0.1, 0.15) is 0 Å². The van der Waals surface area contributed by atoms with E-state index in [9.17, 15) is 22.0 Å². The lowest BCUT2D eigenvalue weighted by atomic mass is 10.0. The van der Waals surface area contributed by atoms with Crippen LogP contribution >= 0.6 is 0 Å². The Bertz CT molecular complexity index is 622. The van der Waals surface area contributed by atoms with E-state index in [2.05, 4.69) is 4.74 Å². The van der Waals surface area contributed by atoms with Crippen LogP contribution in [-0.2, 0) is 0 Å². The molecule has 0 heterocycles. The highest BCUT2D eigenvalue weighted by Crippen LogP contribution is 2.31. The van der Waals surface area contributed by atoms with Crippen molar-refractivity contribution in [2.24, 2.45) is 0 Å². The molecule has 2 nitrogen and oxygen atoms in total. The summed E-state index contributed by atoms with van der Waals surface area (Å²) in [6.07, 6.45) is -4.80. The zero-order chi connectivity index (χ0) is 14.9. The van der Waals surface area contributed by atoms with E-state index in [1.807, 2.05) is 0 Å². The molecule has 0 aliphatic heterocycles. The predicted molar refractivity (Wildman–Crippen MR) is 62.9 cm³/mol. The topological polar surface area (TPSA) is 35.2 Å². The molecule has 2 aromatic carbocycles. The van der Waals surface area contributed by atoms with Gasteiger partial charge in [-0.25, -0.2) is 8.78 Å². The van der Waals surface area contributed by atoms with E-state index in [0.717, 1.165) is 18.2 Å². The Balaban J connectivity index is 2.36. The third-order valence-electron chi connectivity index (χ3n) is 2.49. The molecular formula is C13H8F5NO. The van der Waals surface area contributed by atoms with Crippen molar-refractivity contribution in [1.82, 2.24) is 0 Å². The molecule has 0 atom stereocenters. The molecule has 0 saturated heterocycles. The second kappa shape index (κ2) is 4.99. The standard InChI is InChI=1S/C13H8F5NO/c14-8-5-10(12(19)11(15)6-8)7-1-3-9(4-2-7)20-13(16,17)18/h1-6H,19H2. The molecule has 20 heavy (non-hydrogen) atoms. The average Bonchev–Trinajstić information content (AvgIpc) is 2.33. The first-order chi connectivity index (χ1) is 9.26. The SMILES string of the molecule is Nc1c(F)cc(F)cc1-c1ccc(OC(F)(F)F)cc1. The van der Waals surface area contributed by atoms with Gasteiger partial charge in [-0.3, -0.25) is 0 Å². The number of nitrogens with two attached hydrogens (primary N) is 1. The summed E-state index contributed by atoms with van der Waals surface area (Å²) < 4.78 is 66.1. The lowest BCUT2D eigenvalue weighted by molar-refractivity contribution is -0.274. The minimum absolute atomic E-state index is 0.0565. The van der Waals surface area contributed by atoms with Gasteiger partial charge in [-0.2, -0.15) is 0 Å². The van der Waals surface area contributed by atoms with E-state index in [1.165, 1.54) is 12.1 Å². The van der Waals surface area contributed by atoms with Crippen molar-refractivity contribution in [2.45, 2.75) is 6.36 Å². The van der Waals surface area contributed by atoms with Gasteiger partial charge in [0.15, 0.2) is 0 Å². The van der Waals surface area contributed by atoms with Crippen LogP contribution in [0, 0.1) is 11.6 Å². The predicted octanol–water partition coefficient (Wildman–Crippen LogP) is 4.11. The highest BCUT2D eigenvalue weighted by Gasteiger charge is 2.31. The lowest BCUT2D eigenvalue weighted by Gasteiger charge is -2.10. The van der Waals surface area contributed by atoms with Gasteiger partial charge in [0.2, 0.25) is 0 Å². The quantitative estimate of drug-likeness (QED) is 0.667. The van der Waals surface area contributed by atoms with E-state index in [0.29, 0.717) is 6.07 Å². The second-order valence-electron chi connectivity index (χ2n) is 3.92. The Morgan fingerprint density at radius 3 is 2.10 bits per heavy atom. The fourth-order valence-corrected chi connectivity index (χ4v) is 1.66. The maximum Gasteiger partial charge on any atom is 0.573 e. The van der Waals surface area contributed by atoms with Gasteiger partial charge in [0, 0.05) is 11.6 Å². The Hall–Kier alpha value is -2.31. The highest BCUT2D eigenvalue weighted by molar-refractivity contribution is 5.76. The summed E-state index contributed by atoms with van der Waals surface area (Å²) in [6, 6.07) is 6.14. The van der Waals surface area contributed by atoms with Crippen LogP contribution in [0.4, 0.5) is 27.6 Å². The van der Waals surface area contributed by atoms with Crippen molar-refractivity contribution in [1.29, 1.82) is 0 Å². The van der Waals surface area contributed by atoms with E-state index >= 15 is 0 Å². The second-order valence-corrected chi connectivity index (χ2v) is 3.92. The van der Waals surface area contributed by atoms with Crippen LogP contribution in [0.3, 0.4) is 0 Å². The molecule has 2 rings (SSSR count). The number of ether oxygens (including phenoxy) is 1. The fourth-order valence-electron chi connectivity index (χ4n) is 1.66. The molecule has 0 aliphatic carbocycles. The maximum atomic E-state index is 13.3. The summed E-state index contributed by atoms with van der Waals surface area (Å²) in [5, 5.41) is 0. The normalized spacial score (nSPS) is 11.4. The molecule has 7 heteroatoms. The smallest absolute Gasteiger partial charge is 0.406 e. The minimum Gasteiger partial charge on any atom is -0.406 e. The van der Waals surface area contributed by atoms with E-state index in [1.54, 1.807) is 0 Å². The van der Waals surface area contributed by atoms with Crippen molar-refractivity contribution in [3.63, 3.8) is 0 Å². The molecule has 0 amide bonds. The van der Waals surface area contributed by atoms with Crippen molar-refractivity contribution >= 4 is 5.69 Å². The first-order valence-electron chi connectivity index (χ1n) is 5.37. The third-order valence-corrected chi connectivity index (χ3v) is 2.49. The molecule has 106 valence electrons. The zero-order valence-electron chi connectivity index (χ0n) is 9.84. The summed E-state index contributed by atoms with van der Waals surface area (Å²) >= 11 is 0.